The van der Waals surface area contributed by atoms with E-state index in [4.69, 9.17) is 17.3 Å². The summed E-state index contributed by atoms with van der Waals surface area (Å²) >= 11 is 5.39. The second-order valence-electron chi connectivity index (χ2n) is 2.16. The van der Waals surface area contributed by atoms with Gasteiger partial charge in [0.05, 0.1) is 11.9 Å². The summed E-state index contributed by atoms with van der Waals surface area (Å²) < 4.78 is 35.9. The van der Waals surface area contributed by atoms with E-state index in [2.05, 4.69) is 5.10 Å². The Morgan fingerprint density at radius 2 is 2.17 bits per heavy atom. The van der Waals surface area contributed by atoms with Gasteiger partial charge in [0.2, 0.25) is 0 Å². The van der Waals surface area contributed by atoms with Gasteiger partial charge in [0.15, 0.2) is 0 Å². The van der Waals surface area contributed by atoms with Gasteiger partial charge < -0.3 is 5.73 Å². The smallest absolute Gasteiger partial charge is 0.395 e. The first-order chi connectivity index (χ1) is 5.40. The van der Waals surface area contributed by atoms with E-state index in [1.807, 2.05) is 0 Å². The van der Waals surface area contributed by atoms with Crippen molar-refractivity contribution in [2.24, 2.45) is 0 Å². The topological polar surface area (TPSA) is 43.8 Å². The Balaban J connectivity index is 2.83. The molecule has 2 N–H and O–H groups in total. The summed E-state index contributed by atoms with van der Waals surface area (Å²) in [5.41, 5.74) is 5.22. The molecule has 0 aromatic carbocycles. The van der Waals surface area contributed by atoms with Crippen LogP contribution < -0.4 is 5.73 Å². The van der Waals surface area contributed by atoms with Crippen LogP contribution in [0.15, 0.2) is 6.20 Å². The van der Waals surface area contributed by atoms with Gasteiger partial charge in [-0.25, -0.2) is 4.68 Å². The molecule has 0 radical (unpaired) electrons. The molecule has 0 aliphatic heterocycles. The van der Waals surface area contributed by atoms with Crippen molar-refractivity contribution in [3.05, 3.63) is 11.3 Å². The molecule has 0 unspecified atom stereocenters. The number of hydrogen-bond donors (Lipinski definition) is 1. The maximum atomic E-state index is 11.8. The number of halogens is 4. The van der Waals surface area contributed by atoms with E-state index in [0.29, 0.717) is 4.68 Å². The number of nitrogen functional groups attached to an aromatic ring is 1. The van der Waals surface area contributed by atoms with Gasteiger partial charge in [-0.1, -0.05) is 11.6 Å². The van der Waals surface area contributed by atoms with Crippen LogP contribution in [0, 0.1) is 0 Å². The minimum Gasteiger partial charge on any atom is -0.395 e. The number of rotatable bonds is 1. The lowest BCUT2D eigenvalue weighted by Crippen LogP contribution is -2.18. The second kappa shape index (κ2) is 2.85. The minimum atomic E-state index is -4.33. The third-order valence-electron chi connectivity index (χ3n) is 1.13. The predicted octanol–water partition coefficient (Wildman–Crippen LogP) is 1.68. The number of nitrogens with two attached hydrogens (primary N) is 1. The Kier molecular flexibility index (Phi) is 2.18. The fourth-order valence-corrected chi connectivity index (χ4v) is 0.817. The van der Waals surface area contributed by atoms with Gasteiger partial charge in [0.25, 0.3) is 0 Å². The minimum absolute atomic E-state index is 0.0425. The van der Waals surface area contributed by atoms with Crippen molar-refractivity contribution in [3.63, 3.8) is 0 Å². The first kappa shape index (κ1) is 9.18. The van der Waals surface area contributed by atoms with E-state index in [1.165, 1.54) is 0 Å². The van der Waals surface area contributed by atoms with Crippen LogP contribution >= 0.6 is 11.6 Å². The molecule has 12 heavy (non-hydrogen) atoms. The molecule has 0 saturated heterocycles. The van der Waals surface area contributed by atoms with Gasteiger partial charge in [-0.05, 0) is 0 Å². The SMILES string of the molecule is Nc1cnn(CC(F)(F)F)c1Cl. The van der Waals surface area contributed by atoms with Gasteiger partial charge >= 0.3 is 6.18 Å². The van der Waals surface area contributed by atoms with Crippen molar-refractivity contribution >= 4 is 17.3 Å². The zero-order valence-electron chi connectivity index (χ0n) is 5.77. The Hall–Kier alpha value is -0.910. The first-order valence-electron chi connectivity index (χ1n) is 2.93. The van der Waals surface area contributed by atoms with Crippen LogP contribution in [0.3, 0.4) is 0 Å². The van der Waals surface area contributed by atoms with Crippen molar-refractivity contribution in [2.75, 3.05) is 5.73 Å². The summed E-state index contributed by atoms with van der Waals surface area (Å²) in [6.45, 7) is -1.22. The highest BCUT2D eigenvalue weighted by Crippen LogP contribution is 2.23. The quantitative estimate of drug-likeness (QED) is 0.748. The number of aromatic nitrogens is 2. The van der Waals surface area contributed by atoms with Crippen LogP contribution in [0.5, 0.6) is 0 Å². The molecule has 68 valence electrons. The van der Waals surface area contributed by atoms with Crippen molar-refractivity contribution < 1.29 is 13.2 Å². The molecule has 0 aliphatic carbocycles. The molecule has 1 rings (SSSR count). The fourth-order valence-electron chi connectivity index (χ4n) is 0.665. The Morgan fingerprint density at radius 3 is 2.50 bits per heavy atom. The van der Waals surface area contributed by atoms with Gasteiger partial charge in [0.1, 0.15) is 11.7 Å². The number of hydrogen-bond acceptors (Lipinski definition) is 2. The maximum absolute atomic E-state index is 11.8. The highest BCUT2D eigenvalue weighted by atomic mass is 35.5. The molecule has 0 saturated carbocycles. The van der Waals surface area contributed by atoms with Crippen LogP contribution in [0.25, 0.3) is 0 Å². The van der Waals surface area contributed by atoms with Gasteiger partial charge in [-0.2, -0.15) is 18.3 Å². The van der Waals surface area contributed by atoms with E-state index in [1.54, 1.807) is 0 Å². The summed E-state index contributed by atoms with van der Waals surface area (Å²) in [7, 11) is 0. The molecule has 1 aromatic heterocycles. The van der Waals surface area contributed by atoms with Gasteiger partial charge in [-0.3, -0.25) is 0 Å². The van der Waals surface area contributed by atoms with E-state index in [-0.39, 0.29) is 10.8 Å². The maximum Gasteiger partial charge on any atom is 0.408 e. The van der Waals surface area contributed by atoms with Crippen molar-refractivity contribution in [3.8, 4) is 0 Å². The van der Waals surface area contributed by atoms with Crippen LogP contribution in [0.2, 0.25) is 5.15 Å². The number of alkyl halides is 3. The van der Waals surface area contributed by atoms with Gasteiger partial charge in [-0.15, -0.1) is 0 Å². The summed E-state index contributed by atoms with van der Waals surface area (Å²) in [5, 5.41) is 3.15. The molecule has 0 fully saturated rings. The Labute approximate surface area is 70.9 Å². The predicted molar refractivity (Wildman–Crippen MR) is 37.7 cm³/mol. The Morgan fingerprint density at radius 1 is 1.58 bits per heavy atom. The lowest BCUT2D eigenvalue weighted by Gasteiger charge is -2.06. The Bertz CT molecular complexity index is 280. The zero-order chi connectivity index (χ0) is 9.35. The molecule has 0 aliphatic rings. The summed E-state index contributed by atoms with van der Waals surface area (Å²) in [5.74, 6) is 0. The normalized spacial score (nSPS) is 12.0. The van der Waals surface area contributed by atoms with E-state index in [9.17, 15) is 13.2 Å². The second-order valence-corrected chi connectivity index (χ2v) is 2.52. The van der Waals surface area contributed by atoms with Crippen molar-refractivity contribution in [1.82, 2.24) is 9.78 Å². The average molecular weight is 200 g/mol. The first-order valence-corrected chi connectivity index (χ1v) is 3.31. The van der Waals surface area contributed by atoms with Gasteiger partial charge in [0, 0.05) is 0 Å². The number of nitrogens with zero attached hydrogens (tertiary/aromatic N) is 2. The summed E-state index contributed by atoms with van der Waals surface area (Å²) in [6, 6.07) is 0. The lowest BCUT2D eigenvalue weighted by molar-refractivity contribution is -0.142. The molecule has 0 atom stereocenters. The van der Waals surface area contributed by atoms with Crippen LogP contribution in [-0.4, -0.2) is 16.0 Å². The molecule has 3 nitrogen and oxygen atoms in total. The average Bonchev–Trinajstić information content (AvgIpc) is 2.16. The highest BCUT2D eigenvalue weighted by Gasteiger charge is 2.29. The van der Waals surface area contributed by atoms with E-state index >= 15 is 0 Å². The van der Waals surface area contributed by atoms with Crippen LogP contribution in [0.1, 0.15) is 0 Å². The highest BCUT2D eigenvalue weighted by molar-refractivity contribution is 6.31. The molecule has 0 amide bonds. The van der Waals surface area contributed by atoms with E-state index < -0.39 is 12.7 Å². The fraction of sp³-hybridized carbons (Fsp3) is 0.400. The summed E-state index contributed by atoms with van der Waals surface area (Å²) in [6.07, 6.45) is -3.25. The van der Waals surface area contributed by atoms with Crippen molar-refractivity contribution in [1.29, 1.82) is 0 Å². The third-order valence-corrected chi connectivity index (χ3v) is 1.54. The lowest BCUT2D eigenvalue weighted by atomic mass is 10.6. The summed E-state index contributed by atoms with van der Waals surface area (Å²) in [4.78, 5) is 0. The largest absolute Gasteiger partial charge is 0.408 e. The molecule has 0 spiro atoms. The number of anilines is 1. The molecule has 1 aromatic rings. The molecular weight excluding hydrogens is 195 g/mol. The molecule has 7 heteroatoms. The molecule has 1 heterocycles. The third kappa shape index (κ3) is 2.04. The van der Waals surface area contributed by atoms with Crippen LogP contribution in [-0.2, 0) is 6.54 Å². The standard InChI is InChI=1S/C5H5ClF3N3/c6-4-3(10)1-11-12(4)2-5(7,8)9/h1H,2,10H2. The van der Waals surface area contributed by atoms with E-state index in [0.717, 1.165) is 6.20 Å². The van der Waals surface area contributed by atoms with Crippen molar-refractivity contribution in [2.45, 2.75) is 12.7 Å². The van der Waals surface area contributed by atoms with Crippen LogP contribution in [0.4, 0.5) is 18.9 Å². The zero-order valence-corrected chi connectivity index (χ0v) is 6.52. The monoisotopic (exact) mass is 199 g/mol. The molecule has 0 bridgehead atoms. The molecular formula is C5H5ClF3N3.